The SMILES string of the molecule is CC(C)(C)OC(=O)CCC1(CCC(=O)OC(C)(C)C)c2ccccc2-c2cc3c4cccc5c6c7c(cc8c9cccc%10c%11c%12c(cc%13c%14cccc%15c(c21)c3c1c(c45)c(c86)c(c9%10)c(c%13%11)c1c%14%15)-c1ccccc1C%12(CCC(=O)OC(C)(C)C)CCC(=O)OC(C)(C)C)-c1ccccc1C7(CCC(=O)OC(C)(C)C)CCC(=O)OC(C)(C)C. The second kappa shape index (κ2) is 25.5. The van der Waals surface area contributed by atoms with Crippen molar-refractivity contribution in [2.75, 3.05) is 0 Å². The summed E-state index contributed by atoms with van der Waals surface area (Å²) in [7, 11) is 0. The fraction of sp³-hybridized carbons (Fsp3) is 0.371. The molecule has 0 spiro atoms. The standard InChI is InChI=1S/C105H102O12/c1-97(2,3)112-73(106)40-46-103(47-41-74(107)113-98(4,5)6)70-37-22-19-28-55(70)67-52-64-58-32-26-35-62-80(58)89-91-82(64)85(94(67)103)61-34-25-31-59-65-53-68-56-29-20-23-38-71(56)104(48-42-75(108)114-99(7,8)9,49-43-76(109)115-100(10,11)12)95(68)87-63-36-27-33-60-66-54-69-57-30-21-24-39-72(57)105(50-44-77(110)116-101(13,14)15,51-45-78(111)117-102(16,17)18)96(69)86(62)84(66)93(89)90(81(60)63)92(83(65)87)88(91)79(59)61/h19-39,52-54H,40-51H2,1-18H3. The third-order valence-corrected chi connectivity index (χ3v) is 25.5. The maximum Gasteiger partial charge on any atom is 0.306 e. The first-order valence-electron chi connectivity index (χ1n) is 42.1. The molecule has 3 aliphatic carbocycles. The van der Waals surface area contributed by atoms with E-state index in [2.05, 4.69) is 146 Å². The Kier molecular flexibility index (Phi) is 16.6. The first-order chi connectivity index (χ1) is 55.2. The monoisotopic (exact) mass is 1550 g/mol. The molecular weight excluding hydrogens is 1450 g/mol. The van der Waals surface area contributed by atoms with E-state index in [-0.39, 0.29) is 74.3 Å². The van der Waals surface area contributed by atoms with Crippen LogP contribution < -0.4 is 0 Å². The number of rotatable bonds is 18. The van der Waals surface area contributed by atoms with E-state index in [4.69, 9.17) is 28.4 Å². The Morgan fingerprint density at radius 1 is 0.214 bits per heavy atom. The Morgan fingerprint density at radius 2 is 0.410 bits per heavy atom. The number of fused-ring (bicyclic) bond motifs is 18. The van der Waals surface area contributed by atoms with Crippen LogP contribution in [0.15, 0.2) is 146 Å². The Morgan fingerprint density at radius 3 is 0.624 bits per heavy atom. The Balaban J connectivity index is 1.04. The molecule has 12 nitrogen and oxygen atoms in total. The predicted octanol–water partition coefficient (Wildman–Crippen LogP) is 25.7. The second-order valence-corrected chi connectivity index (χ2v) is 40.1. The van der Waals surface area contributed by atoms with Gasteiger partial charge < -0.3 is 28.4 Å². The van der Waals surface area contributed by atoms with Gasteiger partial charge in [-0.15, -0.1) is 0 Å². The maximum atomic E-state index is 14.8. The van der Waals surface area contributed by atoms with Crippen LogP contribution in [0.4, 0.5) is 0 Å². The minimum Gasteiger partial charge on any atom is -0.460 e. The van der Waals surface area contributed by atoms with Crippen molar-refractivity contribution in [2.24, 2.45) is 0 Å². The third-order valence-electron chi connectivity index (χ3n) is 25.5. The Labute approximate surface area is 682 Å². The van der Waals surface area contributed by atoms with Crippen LogP contribution in [0.25, 0.3) is 163 Å². The molecule has 0 unspecified atom stereocenters. The summed E-state index contributed by atoms with van der Waals surface area (Å²) in [6.07, 6.45) is 2.42. The van der Waals surface area contributed by atoms with Crippen LogP contribution in [0.1, 0.15) is 235 Å². The van der Waals surface area contributed by atoms with Crippen molar-refractivity contribution in [3.8, 4) is 33.4 Å². The van der Waals surface area contributed by atoms with E-state index in [9.17, 15) is 28.8 Å². The van der Waals surface area contributed by atoms with Gasteiger partial charge in [-0.05, 0) is 377 Å². The number of carbonyl (C=O) groups excluding carboxylic acids is 6. The molecule has 0 saturated heterocycles. The number of carbonyl (C=O) groups is 6. The van der Waals surface area contributed by atoms with Gasteiger partial charge in [0.1, 0.15) is 33.6 Å². The topological polar surface area (TPSA) is 158 Å². The Hall–Kier alpha value is -11.0. The summed E-state index contributed by atoms with van der Waals surface area (Å²) in [5.41, 5.74) is 5.10. The van der Waals surface area contributed by atoms with Crippen LogP contribution in [0, 0.1) is 0 Å². The van der Waals surface area contributed by atoms with Crippen LogP contribution in [0.5, 0.6) is 0 Å². The molecule has 0 aromatic heterocycles. The molecule has 0 atom stereocenters. The summed E-state index contributed by atoms with van der Waals surface area (Å²) < 4.78 is 37.6. The summed E-state index contributed by atoms with van der Waals surface area (Å²) in [5, 5.41) is 26.1. The lowest BCUT2D eigenvalue weighted by molar-refractivity contribution is -0.157. The van der Waals surface area contributed by atoms with E-state index >= 15 is 0 Å². The maximum absolute atomic E-state index is 14.8. The molecule has 19 rings (SSSR count). The van der Waals surface area contributed by atoms with Crippen LogP contribution in [-0.4, -0.2) is 69.4 Å². The number of hydrogen-bond acceptors (Lipinski definition) is 12. The lowest BCUT2D eigenvalue weighted by Gasteiger charge is -2.37. The van der Waals surface area contributed by atoms with Gasteiger partial charge in [0.05, 0.1) is 0 Å². The minimum atomic E-state index is -0.955. The number of hydrogen-bond donors (Lipinski definition) is 0. The van der Waals surface area contributed by atoms with Crippen molar-refractivity contribution in [3.63, 3.8) is 0 Å². The van der Waals surface area contributed by atoms with Gasteiger partial charge in [0.2, 0.25) is 0 Å². The van der Waals surface area contributed by atoms with Gasteiger partial charge in [-0.1, -0.05) is 127 Å². The van der Waals surface area contributed by atoms with Crippen molar-refractivity contribution in [1.29, 1.82) is 0 Å². The van der Waals surface area contributed by atoms with Gasteiger partial charge in [0.15, 0.2) is 0 Å². The van der Waals surface area contributed by atoms with Crippen molar-refractivity contribution in [2.45, 2.75) is 252 Å². The van der Waals surface area contributed by atoms with E-state index < -0.39 is 49.9 Å². The summed E-state index contributed by atoms with van der Waals surface area (Å²) >= 11 is 0. The van der Waals surface area contributed by atoms with Crippen molar-refractivity contribution >= 4 is 165 Å². The quantitative estimate of drug-likeness (QED) is 0.0347. The second-order valence-electron chi connectivity index (χ2n) is 40.1. The van der Waals surface area contributed by atoms with E-state index in [0.717, 1.165) is 196 Å². The largest absolute Gasteiger partial charge is 0.460 e. The predicted molar refractivity (Wildman–Crippen MR) is 473 cm³/mol. The minimum absolute atomic E-state index is 0.0702. The molecule has 0 fully saturated rings. The average Bonchev–Trinajstić information content (AvgIpc) is 1.61. The van der Waals surface area contributed by atoms with Crippen molar-refractivity contribution in [1.82, 2.24) is 0 Å². The fourth-order valence-electron chi connectivity index (χ4n) is 22.4. The molecule has 117 heavy (non-hydrogen) atoms. The normalized spacial score (nSPS) is 15.2. The zero-order valence-electron chi connectivity index (χ0n) is 70.7. The van der Waals surface area contributed by atoms with Gasteiger partial charge in [-0.25, -0.2) is 0 Å². The first kappa shape index (κ1) is 76.0. The summed E-state index contributed by atoms with van der Waals surface area (Å²) in [5.74, 6) is -1.93. The van der Waals surface area contributed by atoms with Gasteiger partial charge in [-0.3, -0.25) is 28.8 Å². The highest BCUT2D eigenvalue weighted by atomic mass is 16.6. The molecule has 0 radical (unpaired) electrons. The lowest BCUT2D eigenvalue weighted by atomic mass is 9.66. The molecule has 12 heteroatoms. The smallest absolute Gasteiger partial charge is 0.306 e. The molecule has 0 aliphatic heterocycles. The van der Waals surface area contributed by atoms with E-state index in [1.807, 2.05) is 125 Å². The highest BCUT2D eigenvalue weighted by Crippen LogP contribution is 2.69. The Bertz CT molecular complexity index is 6120. The number of esters is 6. The average molecular weight is 1560 g/mol. The van der Waals surface area contributed by atoms with Crippen LogP contribution in [-0.2, 0) is 73.4 Å². The molecule has 0 N–H and O–H groups in total. The zero-order chi connectivity index (χ0) is 82.4. The summed E-state index contributed by atoms with van der Waals surface area (Å²) in [4.78, 5) is 88.7. The van der Waals surface area contributed by atoms with E-state index in [1.165, 1.54) is 0 Å². The zero-order valence-corrected chi connectivity index (χ0v) is 70.7. The van der Waals surface area contributed by atoms with Crippen molar-refractivity contribution < 1.29 is 57.2 Å². The highest BCUT2D eigenvalue weighted by Gasteiger charge is 2.52. The number of ether oxygens (including phenoxy) is 6. The molecule has 3 aliphatic rings. The van der Waals surface area contributed by atoms with Gasteiger partial charge in [-0.2, -0.15) is 0 Å². The molecular formula is C105H102O12. The molecule has 0 saturated carbocycles. The molecule has 16 aromatic carbocycles. The van der Waals surface area contributed by atoms with Crippen molar-refractivity contribution in [3.05, 3.63) is 179 Å². The van der Waals surface area contributed by atoms with E-state index in [0.29, 0.717) is 38.5 Å². The summed E-state index contributed by atoms with van der Waals surface area (Å²) in [6.45, 7) is 34.3. The molecule has 0 amide bonds. The number of benzene rings is 16. The van der Waals surface area contributed by atoms with Crippen LogP contribution in [0.3, 0.4) is 0 Å². The third kappa shape index (κ3) is 11.6. The van der Waals surface area contributed by atoms with Gasteiger partial charge in [0.25, 0.3) is 0 Å². The molecule has 0 bridgehead atoms. The lowest BCUT2D eigenvalue weighted by Crippen LogP contribution is -2.31. The summed E-state index contributed by atoms with van der Waals surface area (Å²) in [6, 6.07) is 53.9. The van der Waals surface area contributed by atoms with Gasteiger partial charge >= 0.3 is 35.8 Å². The van der Waals surface area contributed by atoms with Crippen LogP contribution >= 0.6 is 0 Å². The molecule has 0 heterocycles. The molecule has 594 valence electrons. The first-order valence-corrected chi connectivity index (χ1v) is 42.1. The molecule has 16 aromatic rings. The fourth-order valence-corrected chi connectivity index (χ4v) is 22.4. The highest BCUT2D eigenvalue weighted by molar-refractivity contribution is 6.62. The van der Waals surface area contributed by atoms with Gasteiger partial charge in [0, 0.05) is 54.8 Å². The van der Waals surface area contributed by atoms with Crippen LogP contribution in [0.2, 0.25) is 0 Å². The van der Waals surface area contributed by atoms with E-state index in [1.54, 1.807) is 0 Å².